The van der Waals surface area contributed by atoms with Crippen LogP contribution in [-0.4, -0.2) is 34.8 Å². The lowest BCUT2D eigenvalue weighted by Crippen LogP contribution is -2.36. The predicted octanol–water partition coefficient (Wildman–Crippen LogP) is 1.59. The molecule has 1 aromatic heterocycles. The van der Waals surface area contributed by atoms with E-state index in [1.807, 2.05) is 12.1 Å². The molecule has 0 aliphatic carbocycles. The molecule has 0 bridgehead atoms. The van der Waals surface area contributed by atoms with Gasteiger partial charge in [0.2, 0.25) is 11.8 Å². The van der Waals surface area contributed by atoms with E-state index in [4.69, 9.17) is 0 Å². The van der Waals surface area contributed by atoms with Gasteiger partial charge in [0.05, 0.1) is 0 Å². The standard InChI is InChI=1S/C15H23N3O2/c1-12(2)11-18(13(3)19)8-6-15(20)17-10-14-5-4-7-16-9-14/h4-5,7,9,12H,6,8,10-11H2,1-3H3,(H,17,20). The Hall–Kier alpha value is -1.91. The lowest BCUT2D eigenvalue weighted by atomic mass is 10.2. The molecule has 5 nitrogen and oxygen atoms in total. The van der Waals surface area contributed by atoms with Crippen molar-refractivity contribution >= 4 is 11.8 Å². The molecule has 0 fully saturated rings. The summed E-state index contributed by atoms with van der Waals surface area (Å²) in [5.41, 5.74) is 0.964. The molecule has 1 N–H and O–H groups in total. The number of carbonyl (C=O) groups excluding carboxylic acids is 2. The van der Waals surface area contributed by atoms with E-state index >= 15 is 0 Å². The van der Waals surface area contributed by atoms with Crippen LogP contribution < -0.4 is 5.32 Å². The molecule has 0 radical (unpaired) electrons. The number of amides is 2. The first-order valence-electron chi connectivity index (χ1n) is 6.90. The van der Waals surface area contributed by atoms with Gasteiger partial charge in [-0.05, 0) is 17.5 Å². The second-order valence-electron chi connectivity index (χ2n) is 5.25. The molecule has 20 heavy (non-hydrogen) atoms. The highest BCUT2D eigenvalue weighted by Gasteiger charge is 2.12. The fraction of sp³-hybridized carbons (Fsp3) is 0.533. The van der Waals surface area contributed by atoms with Gasteiger partial charge in [0.15, 0.2) is 0 Å². The highest BCUT2D eigenvalue weighted by molar-refractivity contribution is 5.78. The van der Waals surface area contributed by atoms with Crippen molar-refractivity contribution in [2.24, 2.45) is 5.92 Å². The summed E-state index contributed by atoms with van der Waals surface area (Å²) in [6.07, 6.45) is 3.75. The summed E-state index contributed by atoms with van der Waals surface area (Å²) in [7, 11) is 0. The summed E-state index contributed by atoms with van der Waals surface area (Å²) in [5.74, 6) is 0.361. The van der Waals surface area contributed by atoms with E-state index in [0.717, 1.165) is 5.56 Å². The maximum absolute atomic E-state index is 11.8. The Morgan fingerprint density at radius 1 is 1.40 bits per heavy atom. The zero-order valence-corrected chi connectivity index (χ0v) is 12.4. The summed E-state index contributed by atoms with van der Waals surface area (Å²) in [6.45, 7) is 7.27. The van der Waals surface area contributed by atoms with Crippen LogP contribution in [0.1, 0.15) is 32.8 Å². The molecule has 1 heterocycles. The molecule has 0 atom stereocenters. The number of pyridine rings is 1. The monoisotopic (exact) mass is 277 g/mol. The Morgan fingerprint density at radius 2 is 2.15 bits per heavy atom. The van der Waals surface area contributed by atoms with E-state index < -0.39 is 0 Å². The highest BCUT2D eigenvalue weighted by atomic mass is 16.2. The molecule has 0 aromatic carbocycles. The average Bonchev–Trinajstić information content (AvgIpc) is 2.41. The van der Waals surface area contributed by atoms with Crippen LogP contribution in [0.5, 0.6) is 0 Å². The van der Waals surface area contributed by atoms with Gasteiger partial charge in [-0.3, -0.25) is 14.6 Å². The summed E-state index contributed by atoms with van der Waals surface area (Å²) in [6, 6.07) is 3.75. The molecule has 0 saturated heterocycles. The van der Waals surface area contributed by atoms with Crippen molar-refractivity contribution in [2.75, 3.05) is 13.1 Å². The Labute approximate surface area is 120 Å². The first-order valence-corrected chi connectivity index (χ1v) is 6.90. The molecule has 110 valence electrons. The lowest BCUT2D eigenvalue weighted by Gasteiger charge is -2.22. The van der Waals surface area contributed by atoms with Gasteiger partial charge in [0.1, 0.15) is 0 Å². The van der Waals surface area contributed by atoms with Gasteiger partial charge in [-0.25, -0.2) is 0 Å². The van der Waals surface area contributed by atoms with Crippen molar-refractivity contribution < 1.29 is 9.59 Å². The third-order valence-corrected chi connectivity index (χ3v) is 2.85. The molecule has 2 amide bonds. The smallest absolute Gasteiger partial charge is 0.222 e. The van der Waals surface area contributed by atoms with Gasteiger partial charge in [0, 0.05) is 45.4 Å². The zero-order chi connectivity index (χ0) is 15.0. The fourth-order valence-corrected chi connectivity index (χ4v) is 1.85. The van der Waals surface area contributed by atoms with Crippen LogP contribution >= 0.6 is 0 Å². The molecule has 5 heteroatoms. The largest absolute Gasteiger partial charge is 0.352 e. The second-order valence-corrected chi connectivity index (χ2v) is 5.25. The van der Waals surface area contributed by atoms with Crippen LogP contribution in [0.3, 0.4) is 0 Å². The molecule has 0 aliphatic heterocycles. The lowest BCUT2D eigenvalue weighted by molar-refractivity contribution is -0.130. The second kappa shape index (κ2) is 8.30. The fourth-order valence-electron chi connectivity index (χ4n) is 1.85. The number of carbonyl (C=O) groups is 2. The Morgan fingerprint density at radius 3 is 2.70 bits per heavy atom. The van der Waals surface area contributed by atoms with Gasteiger partial charge >= 0.3 is 0 Å². The maximum atomic E-state index is 11.8. The van der Waals surface area contributed by atoms with Gasteiger partial charge < -0.3 is 10.2 Å². The first-order chi connectivity index (χ1) is 9.49. The number of rotatable bonds is 7. The van der Waals surface area contributed by atoms with E-state index in [1.54, 1.807) is 17.3 Å². The summed E-state index contributed by atoms with van der Waals surface area (Å²) < 4.78 is 0. The minimum atomic E-state index is -0.0520. The van der Waals surface area contributed by atoms with Crippen molar-refractivity contribution in [1.82, 2.24) is 15.2 Å². The number of hydrogen-bond donors (Lipinski definition) is 1. The van der Waals surface area contributed by atoms with Crippen molar-refractivity contribution in [3.05, 3.63) is 30.1 Å². The van der Waals surface area contributed by atoms with Crippen LogP contribution in [0, 0.1) is 5.92 Å². The van der Waals surface area contributed by atoms with Gasteiger partial charge in [-0.15, -0.1) is 0 Å². The molecule has 0 spiro atoms. The van der Waals surface area contributed by atoms with Crippen molar-refractivity contribution in [2.45, 2.75) is 33.7 Å². The molecule has 1 aromatic rings. The van der Waals surface area contributed by atoms with Crippen molar-refractivity contribution in [1.29, 1.82) is 0 Å². The van der Waals surface area contributed by atoms with E-state index in [0.29, 0.717) is 32.0 Å². The molecule has 0 saturated carbocycles. The minimum Gasteiger partial charge on any atom is -0.352 e. The molecular weight excluding hydrogens is 254 g/mol. The SMILES string of the molecule is CC(=O)N(CCC(=O)NCc1cccnc1)CC(C)C. The molecule has 0 unspecified atom stereocenters. The molecule has 1 rings (SSSR count). The van der Waals surface area contributed by atoms with Gasteiger partial charge in [-0.2, -0.15) is 0 Å². The minimum absolute atomic E-state index is 0.0127. The van der Waals surface area contributed by atoms with Crippen LogP contribution in [0.2, 0.25) is 0 Å². The Bertz CT molecular complexity index is 432. The van der Waals surface area contributed by atoms with Gasteiger partial charge in [-0.1, -0.05) is 19.9 Å². The molecular formula is C15H23N3O2. The van der Waals surface area contributed by atoms with Gasteiger partial charge in [0.25, 0.3) is 0 Å². The third-order valence-electron chi connectivity index (χ3n) is 2.85. The topological polar surface area (TPSA) is 62.3 Å². The van der Waals surface area contributed by atoms with Crippen LogP contribution in [0.4, 0.5) is 0 Å². The quantitative estimate of drug-likeness (QED) is 0.823. The average molecular weight is 277 g/mol. The normalized spacial score (nSPS) is 10.4. The summed E-state index contributed by atoms with van der Waals surface area (Å²) in [5, 5.41) is 2.83. The van der Waals surface area contributed by atoms with Crippen LogP contribution in [0.25, 0.3) is 0 Å². The number of aromatic nitrogens is 1. The summed E-state index contributed by atoms with van der Waals surface area (Å²) >= 11 is 0. The van der Waals surface area contributed by atoms with E-state index in [2.05, 4.69) is 24.1 Å². The van der Waals surface area contributed by atoms with Crippen LogP contribution in [0.15, 0.2) is 24.5 Å². The van der Waals surface area contributed by atoms with E-state index in [-0.39, 0.29) is 11.8 Å². The van der Waals surface area contributed by atoms with Crippen molar-refractivity contribution in [3.63, 3.8) is 0 Å². The number of hydrogen-bond acceptors (Lipinski definition) is 3. The molecule has 0 aliphatic rings. The van der Waals surface area contributed by atoms with Crippen molar-refractivity contribution in [3.8, 4) is 0 Å². The van der Waals surface area contributed by atoms with Crippen LogP contribution in [-0.2, 0) is 16.1 Å². The zero-order valence-electron chi connectivity index (χ0n) is 12.4. The Kier molecular flexibility index (Phi) is 6.70. The van der Waals surface area contributed by atoms with E-state index in [9.17, 15) is 9.59 Å². The number of nitrogens with one attached hydrogen (secondary N) is 1. The van der Waals surface area contributed by atoms with E-state index in [1.165, 1.54) is 6.92 Å². The number of nitrogens with zero attached hydrogens (tertiary/aromatic N) is 2. The maximum Gasteiger partial charge on any atom is 0.222 e. The summed E-state index contributed by atoms with van der Waals surface area (Å²) in [4.78, 5) is 28.9. The first kappa shape index (κ1) is 16.1. The third kappa shape index (κ3) is 6.31. The highest BCUT2D eigenvalue weighted by Crippen LogP contribution is 2.01. The Balaban J connectivity index is 2.32. The predicted molar refractivity (Wildman–Crippen MR) is 77.8 cm³/mol.